The van der Waals surface area contributed by atoms with Crippen LogP contribution < -0.4 is 0 Å². The van der Waals surface area contributed by atoms with Gasteiger partial charge in [-0.05, 0) is 29.8 Å². The van der Waals surface area contributed by atoms with Crippen molar-refractivity contribution in [1.29, 1.82) is 0 Å². The third kappa shape index (κ3) is 3.35. The van der Waals surface area contributed by atoms with Crippen molar-refractivity contribution in [2.75, 3.05) is 0 Å². The number of carbonyl (C=O) groups excluding carboxylic acids is 1. The van der Waals surface area contributed by atoms with Crippen LogP contribution in [0.2, 0.25) is 5.02 Å². The van der Waals surface area contributed by atoms with E-state index in [-0.39, 0.29) is 6.61 Å². The lowest BCUT2D eigenvalue weighted by atomic mass is 10.2. The van der Waals surface area contributed by atoms with Crippen LogP contribution in [0.25, 0.3) is 5.69 Å². The largest absolute Gasteiger partial charge is 0.457 e. The molecule has 0 radical (unpaired) electrons. The molecule has 0 atom stereocenters. The molecule has 0 bridgehead atoms. The summed E-state index contributed by atoms with van der Waals surface area (Å²) in [5.41, 5.74) is 2.19. The van der Waals surface area contributed by atoms with Gasteiger partial charge in [-0.2, -0.15) is 5.10 Å². The van der Waals surface area contributed by atoms with Gasteiger partial charge in [0.2, 0.25) is 0 Å². The summed E-state index contributed by atoms with van der Waals surface area (Å²) in [6, 6.07) is 16.7. The van der Waals surface area contributed by atoms with Gasteiger partial charge in [-0.25, -0.2) is 9.48 Å². The molecule has 0 unspecified atom stereocenters. The van der Waals surface area contributed by atoms with E-state index in [1.165, 1.54) is 6.20 Å². The predicted molar refractivity (Wildman–Crippen MR) is 84.1 cm³/mol. The van der Waals surface area contributed by atoms with Crippen LogP contribution in [-0.4, -0.2) is 15.7 Å². The first-order valence-electron chi connectivity index (χ1n) is 6.74. The van der Waals surface area contributed by atoms with Gasteiger partial charge in [-0.3, -0.25) is 0 Å². The van der Waals surface area contributed by atoms with Crippen LogP contribution in [0.4, 0.5) is 0 Å². The van der Waals surface area contributed by atoms with Crippen molar-refractivity contribution in [2.24, 2.45) is 0 Å². The monoisotopic (exact) mass is 312 g/mol. The second kappa shape index (κ2) is 6.45. The minimum absolute atomic E-state index is 0.201. The van der Waals surface area contributed by atoms with Crippen molar-refractivity contribution >= 4 is 17.6 Å². The van der Waals surface area contributed by atoms with Gasteiger partial charge in [0.25, 0.3) is 0 Å². The minimum Gasteiger partial charge on any atom is -0.457 e. The summed E-state index contributed by atoms with van der Waals surface area (Å²) in [5, 5.41) is 4.82. The summed E-state index contributed by atoms with van der Waals surface area (Å²) in [4.78, 5) is 12.0. The van der Waals surface area contributed by atoms with Gasteiger partial charge in [0, 0.05) is 11.2 Å². The highest BCUT2D eigenvalue weighted by Crippen LogP contribution is 2.12. The average molecular weight is 313 g/mol. The Morgan fingerprint density at radius 1 is 1.09 bits per heavy atom. The maximum Gasteiger partial charge on any atom is 0.341 e. The first kappa shape index (κ1) is 14.4. The second-order valence-electron chi connectivity index (χ2n) is 4.71. The fraction of sp³-hybridized carbons (Fsp3) is 0.0588. The number of ether oxygens (including phenoxy) is 1. The number of nitrogens with zero attached hydrogens (tertiary/aromatic N) is 2. The normalized spacial score (nSPS) is 10.4. The van der Waals surface area contributed by atoms with Gasteiger partial charge >= 0.3 is 5.97 Å². The molecule has 0 aliphatic carbocycles. The number of halogens is 1. The molecule has 0 N–H and O–H groups in total. The van der Waals surface area contributed by atoms with Crippen LogP contribution >= 0.6 is 11.6 Å². The molecule has 22 heavy (non-hydrogen) atoms. The number of esters is 1. The molecule has 5 heteroatoms. The number of carbonyl (C=O) groups is 1. The highest BCUT2D eigenvalue weighted by molar-refractivity contribution is 6.30. The van der Waals surface area contributed by atoms with Gasteiger partial charge in [0.1, 0.15) is 6.61 Å². The number of para-hydroxylation sites is 1. The van der Waals surface area contributed by atoms with Crippen molar-refractivity contribution in [1.82, 2.24) is 9.78 Å². The number of hydrogen-bond acceptors (Lipinski definition) is 3. The zero-order chi connectivity index (χ0) is 15.4. The van der Waals surface area contributed by atoms with Gasteiger partial charge in [0.15, 0.2) is 0 Å². The average Bonchev–Trinajstić information content (AvgIpc) is 3.05. The van der Waals surface area contributed by atoms with E-state index >= 15 is 0 Å². The van der Waals surface area contributed by atoms with Crippen LogP contribution in [0.3, 0.4) is 0 Å². The maximum atomic E-state index is 12.0. The van der Waals surface area contributed by atoms with E-state index in [0.717, 1.165) is 11.3 Å². The van der Waals surface area contributed by atoms with E-state index in [4.69, 9.17) is 16.3 Å². The Hall–Kier alpha value is -2.59. The Kier molecular flexibility index (Phi) is 4.21. The van der Waals surface area contributed by atoms with E-state index in [0.29, 0.717) is 10.6 Å². The minimum atomic E-state index is -0.405. The molecule has 0 aliphatic rings. The molecule has 1 aromatic heterocycles. The molecule has 1 heterocycles. The lowest BCUT2D eigenvalue weighted by Gasteiger charge is -2.03. The smallest absolute Gasteiger partial charge is 0.341 e. The molecule has 2 aromatic carbocycles. The molecule has 0 aliphatic heterocycles. The first-order valence-corrected chi connectivity index (χ1v) is 7.12. The standard InChI is InChI=1S/C17H13ClN2O2/c18-15-8-6-13(7-9-15)12-22-17(21)14-10-19-20(11-14)16-4-2-1-3-5-16/h1-11H,12H2. The highest BCUT2D eigenvalue weighted by atomic mass is 35.5. The summed E-state index contributed by atoms with van der Waals surface area (Å²) >= 11 is 5.81. The molecule has 110 valence electrons. The fourth-order valence-corrected chi connectivity index (χ4v) is 2.09. The van der Waals surface area contributed by atoms with Gasteiger partial charge < -0.3 is 4.74 Å². The Morgan fingerprint density at radius 2 is 1.82 bits per heavy atom. The SMILES string of the molecule is O=C(OCc1ccc(Cl)cc1)c1cnn(-c2ccccc2)c1. The van der Waals surface area contributed by atoms with Crippen molar-refractivity contribution in [3.05, 3.63) is 83.1 Å². The molecule has 0 spiro atoms. The second-order valence-corrected chi connectivity index (χ2v) is 5.15. The van der Waals surface area contributed by atoms with Gasteiger partial charge in [0.05, 0.1) is 17.4 Å². The van der Waals surface area contributed by atoms with E-state index < -0.39 is 5.97 Å². The van der Waals surface area contributed by atoms with Crippen molar-refractivity contribution in [2.45, 2.75) is 6.61 Å². The molecule has 3 aromatic rings. The molecule has 0 saturated heterocycles. The first-order chi connectivity index (χ1) is 10.7. The zero-order valence-corrected chi connectivity index (χ0v) is 12.4. The lowest BCUT2D eigenvalue weighted by molar-refractivity contribution is 0.0472. The van der Waals surface area contributed by atoms with Crippen molar-refractivity contribution in [3.8, 4) is 5.69 Å². The Morgan fingerprint density at radius 3 is 2.55 bits per heavy atom. The predicted octanol–water partition coefficient (Wildman–Crippen LogP) is 3.88. The molecule has 4 nitrogen and oxygen atoms in total. The highest BCUT2D eigenvalue weighted by Gasteiger charge is 2.11. The van der Waals surface area contributed by atoms with Crippen LogP contribution in [0.15, 0.2) is 67.0 Å². The van der Waals surface area contributed by atoms with Gasteiger partial charge in [-0.15, -0.1) is 0 Å². The summed E-state index contributed by atoms with van der Waals surface area (Å²) in [5.74, 6) is -0.405. The summed E-state index contributed by atoms with van der Waals surface area (Å²) < 4.78 is 6.91. The number of aromatic nitrogens is 2. The van der Waals surface area contributed by atoms with E-state index in [9.17, 15) is 4.79 Å². The number of benzene rings is 2. The zero-order valence-electron chi connectivity index (χ0n) is 11.6. The van der Waals surface area contributed by atoms with Crippen LogP contribution in [0.1, 0.15) is 15.9 Å². The summed E-state index contributed by atoms with van der Waals surface area (Å²) in [6.07, 6.45) is 3.15. The van der Waals surface area contributed by atoms with Crippen LogP contribution in [0, 0.1) is 0 Å². The number of hydrogen-bond donors (Lipinski definition) is 0. The molecule has 0 amide bonds. The van der Waals surface area contributed by atoms with Crippen molar-refractivity contribution < 1.29 is 9.53 Å². The van der Waals surface area contributed by atoms with Crippen molar-refractivity contribution in [3.63, 3.8) is 0 Å². The topological polar surface area (TPSA) is 44.1 Å². The Labute approximate surface area is 132 Å². The van der Waals surface area contributed by atoms with Crippen LogP contribution in [-0.2, 0) is 11.3 Å². The Balaban J connectivity index is 1.66. The van der Waals surface area contributed by atoms with E-state index in [1.807, 2.05) is 42.5 Å². The molecular weight excluding hydrogens is 300 g/mol. The molecule has 3 rings (SSSR count). The molecular formula is C17H13ClN2O2. The summed E-state index contributed by atoms with van der Waals surface area (Å²) in [7, 11) is 0. The third-order valence-electron chi connectivity index (χ3n) is 3.12. The molecule has 0 fully saturated rings. The van der Waals surface area contributed by atoms with Gasteiger partial charge in [-0.1, -0.05) is 41.9 Å². The maximum absolute atomic E-state index is 12.0. The Bertz CT molecular complexity index is 767. The third-order valence-corrected chi connectivity index (χ3v) is 3.37. The summed E-state index contributed by atoms with van der Waals surface area (Å²) in [6.45, 7) is 0.201. The van der Waals surface area contributed by atoms with E-state index in [2.05, 4.69) is 5.10 Å². The molecule has 0 saturated carbocycles. The fourth-order valence-electron chi connectivity index (χ4n) is 1.96. The van der Waals surface area contributed by atoms with E-state index in [1.54, 1.807) is 23.0 Å². The lowest BCUT2D eigenvalue weighted by Crippen LogP contribution is -2.04. The van der Waals surface area contributed by atoms with Crippen LogP contribution in [0.5, 0.6) is 0 Å². The quantitative estimate of drug-likeness (QED) is 0.687. The number of rotatable bonds is 4.